The fourth-order valence-corrected chi connectivity index (χ4v) is 2.93. The van der Waals surface area contributed by atoms with Gasteiger partial charge in [0.1, 0.15) is 0 Å². The van der Waals surface area contributed by atoms with Crippen LogP contribution in [-0.2, 0) is 4.74 Å². The third-order valence-electron chi connectivity index (χ3n) is 4.50. The molecule has 3 rings (SSSR count). The van der Waals surface area contributed by atoms with Crippen LogP contribution in [0.2, 0.25) is 0 Å². The maximum atomic E-state index is 12.8. The predicted octanol–water partition coefficient (Wildman–Crippen LogP) is 3.71. The van der Waals surface area contributed by atoms with Gasteiger partial charge in [-0.25, -0.2) is 9.48 Å². The number of carbonyl (C=O) groups excluding carboxylic acids is 2. The molecule has 0 amide bonds. The number of hydrogen-bond acceptors (Lipinski definition) is 5. The average molecular weight is 378 g/mol. The molecule has 1 heterocycles. The molecule has 0 aliphatic heterocycles. The van der Waals surface area contributed by atoms with Crippen LogP contribution in [0.3, 0.4) is 0 Å². The molecule has 0 spiro atoms. The molecular weight excluding hydrogens is 356 g/mol. The van der Waals surface area contributed by atoms with Crippen molar-refractivity contribution in [1.82, 2.24) is 9.78 Å². The van der Waals surface area contributed by atoms with E-state index in [1.807, 2.05) is 32.9 Å². The lowest BCUT2D eigenvalue weighted by Gasteiger charge is -2.15. The highest BCUT2D eigenvalue weighted by Gasteiger charge is 2.24. The zero-order valence-corrected chi connectivity index (χ0v) is 16.3. The van der Waals surface area contributed by atoms with E-state index in [2.05, 4.69) is 5.10 Å². The number of ketones is 1. The van der Waals surface area contributed by atoms with Crippen molar-refractivity contribution in [2.24, 2.45) is 0 Å². The molecule has 0 saturated carbocycles. The molecule has 6 nitrogen and oxygen atoms in total. The average Bonchev–Trinajstić information content (AvgIpc) is 2.68. The molecule has 2 aromatic carbocycles. The molecule has 0 bridgehead atoms. The van der Waals surface area contributed by atoms with Crippen LogP contribution in [0, 0.1) is 6.92 Å². The molecular formula is C22H22N2O4. The second-order valence-electron chi connectivity index (χ2n) is 7.02. The third-order valence-corrected chi connectivity index (χ3v) is 4.50. The second kappa shape index (κ2) is 7.76. The number of esters is 1. The summed E-state index contributed by atoms with van der Waals surface area (Å²) in [6.07, 6.45) is -0.977. The van der Waals surface area contributed by atoms with Gasteiger partial charge >= 0.3 is 5.97 Å². The van der Waals surface area contributed by atoms with E-state index in [4.69, 9.17) is 4.74 Å². The molecule has 6 heteroatoms. The van der Waals surface area contributed by atoms with Crippen molar-refractivity contribution in [2.75, 3.05) is 0 Å². The minimum absolute atomic E-state index is 0.0208. The Morgan fingerprint density at radius 1 is 0.964 bits per heavy atom. The first kappa shape index (κ1) is 19.5. The number of Topliss-reactive ketones (excluding diaryl/α,β-unsaturated/α-hetero) is 1. The van der Waals surface area contributed by atoms with E-state index in [-0.39, 0.29) is 23.1 Å². The van der Waals surface area contributed by atoms with Crippen molar-refractivity contribution in [2.45, 2.75) is 39.8 Å². The number of nitrogens with zero attached hydrogens (tertiary/aromatic N) is 2. The first-order valence-electron chi connectivity index (χ1n) is 9.13. The zero-order valence-electron chi connectivity index (χ0n) is 16.3. The van der Waals surface area contributed by atoms with Crippen LogP contribution in [0.15, 0.2) is 53.3 Å². The minimum Gasteiger partial charge on any atom is -0.449 e. The molecule has 0 saturated heterocycles. The summed E-state index contributed by atoms with van der Waals surface area (Å²) < 4.78 is 6.65. The normalized spacial score (nSPS) is 12.2. The van der Waals surface area contributed by atoms with Gasteiger partial charge in [-0.1, -0.05) is 48.0 Å². The molecule has 0 aliphatic rings. The highest BCUT2D eigenvalue weighted by atomic mass is 16.5. The summed E-state index contributed by atoms with van der Waals surface area (Å²) in [5, 5.41) is 5.01. The van der Waals surface area contributed by atoms with Gasteiger partial charge < -0.3 is 4.74 Å². The molecule has 1 aromatic heterocycles. The Kier molecular flexibility index (Phi) is 5.40. The Morgan fingerprint density at radius 2 is 1.57 bits per heavy atom. The number of ether oxygens (including phenoxy) is 1. The van der Waals surface area contributed by atoms with Crippen LogP contribution in [-0.4, -0.2) is 27.6 Å². The van der Waals surface area contributed by atoms with E-state index >= 15 is 0 Å². The molecule has 0 radical (unpaired) electrons. The lowest BCUT2D eigenvalue weighted by molar-refractivity contribution is 0.0312. The summed E-state index contributed by atoms with van der Waals surface area (Å²) in [6, 6.07) is 13.6. The largest absolute Gasteiger partial charge is 0.449 e. The van der Waals surface area contributed by atoms with Crippen molar-refractivity contribution < 1.29 is 14.3 Å². The summed E-state index contributed by atoms with van der Waals surface area (Å²) in [5.41, 5.74) is 1.25. The minimum atomic E-state index is -0.977. The fourth-order valence-electron chi connectivity index (χ4n) is 2.93. The number of carbonyl (C=O) groups is 2. The lowest BCUT2D eigenvalue weighted by atomic mass is 10.1. The first-order chi connectivity index (χ1) is 13.3. The molecule has 0 fully saturated rings. The molecule has 0 N–H and O–H groups in total. The Labute approximate surface area is 162 Å². The van der Waals surface area contributed by atoms with Gasteiger partial charge in [0.2, 0.25) is 5.78 Å². The van der Waals surface area contributed by atoms with Gasteiger partial charge in [-0.3, -0.25) is 9.59 Å². The Hall–Kier alpha value is -3.28. The van der Waals surface area contributed by atoms with Crippen molar-refractivity contribution in [3.63, 3.8) is 0 Å². The smallest absolute Gasteiger partial charge is 0.360 e. The molecule has 28 heavy (non-hydrogen) atoms. The van der Waals surface area contributed by atoms with Gasteiger partial charge in [-0.15, -0.1) is 0 Å². The van der Waals surface area contributed by atoms with Crippen molar-refractivity contribution in [1.29, 1.82) is 0 Å². The molecule has 0 aliphatic carbocycles. The monoisotopic (exact) mass is 378 g/mol. The maximum Gasteiger partial charge on any atom is 0.360 e. The summed E-state index contributed by atoms with van der Waals surface area (Å²) in [5.74, 6) is -1.03. The Balaban J connectivity index is 1.95. The van der Waals surface area contributed by atoms with Crippen molar-refractivity contribution >= 4 is 22.5 Å². The van der Waals surface area contributed by atoms with Crippen LogP contribution in [0.4, 0.5) is 0 Å². The van der Waals surface area contributed by atoms with Crippen LogP contribution < -0.4 is 5.56 Å². The summed E-state index contributed by atoms with van der Waals surface area (Å²) in [7, 11) is 0. The number of fused-ring (bicyclic) bond motifs is 1. The molecule has 3 aromatic rings. The topological polar surface area (TPSA) is 78.3 Å². The quantitative estimate of drug-likeness (QED) is 0.499. The summed E-state index contributed by atoms with van der Waals surface area (Å²) in [6.45, 7) is 7.07. The predicted molar refractivity (Wildman–Crippen MR) is 107 cm³/mol. The number of aromatic nitrogens is 2. The van der Waals surface area contributed by atoms with Crippen molar-refractivity contribution in [3.05, 3.63) is 75.7 Å². The van der Waals surface area contributed by atoms with Crippen LogP contribution >= 0.6 is 0 Å². The second-order valence-corrected chi connectivity index (χ2v) is 7.02. The van der Waals surface area contributed by atoms with E-state index in [1.54, 1.807) is 36.4 Å². The van der Waals surface area contributed by atoms with E-state index < -0.39 is 12.1 Å². The molecule has 144 valence electrons. The van der Waals surface area contributed by atoms with Crippen LogP contribution in [0.1, 0.15) is 53.2 Å². The van der Waals surface area contributed by atoms with E-state index in [9.17, 15) is 14.4 Å². The summed E-state index contributed by atoms with van der Waals surface area (Å²) in [4.78, 5) is 37.9. The highest BCUT2D eigenvalue weighted by Crippen LogP contribution is 2.17. The van der Waals surface area contributed by atoms with Gasteiger partial charge in [0.25, 0.3) is 5.56 Å². The maximum absolute atomic E-state index is 12.8. The Bertz CT molecular complexity index is 1100. The molecule has 0 unspecified atom stereocenters. The highest BCUT2D eigenvalue weighted by molar-refractivity contribution is 6.05. The Morgan fingerprint density at radius 3 is 2.18 bits per heavy atom. The fraction of sp³-hybridized carbons (Fsp3) is 0.273. The number of benzene rings is 2. The number of aryl methyl sites for hydroxylation is 1. The van der Waals surface area contributed by atoms with E-state index in [1.165, 1.54) is 11.6 Å². The van der Waals surface area contributed by atoms with Gasteiger partial charge in [0, 0.05) is 10.9 Å². The van der Waals surface area contributed by atoms with Gasteiger partial charge in [0.15, 0.2) is 11.8 Å². The van der Waals surface area contributed by atoms with E-state index in [0.717, 1.165) is 5.56 Å². The zero-order chi connectivity index (χ0) is 20.4. The van der Waals surface area contributed by atoms with Crippen LogP contribution in [0.25, 0.3) is 10.8 Å². The standard InChI is InChI=1S/C22H22N2O4/c1-13(2)24-21(26)18-8-6-5-7-17(18)19(23-24)22(27)28-15(4)20(25)16-11-9-14(3)10-12-16/h5-13,15H,1-4H3/t15-/m1/s1. The molecule has 1 atom stereocenters. The van der Waals surface area contributed by atoms with Gasteiger partial charge in [0.05, 0.1) is 11.4 Å². The first-order valence-corrected chi connectivity index (χ1v) is 9.13. The lowest BCUT2D eigenvalue weighted by Crippen LogP contribution is -2.30. The van der Waals surface area contributed by atoms with E-state index in [0.29, 0.717) is 16.3 Å². The SMILES string of the molecule is Cc1ccc(C(=O)[C@@H](C)OC(=O)c2nn(C(C)C)c(=O)c3ccccc23)cc1. The van der Waals surface area contributed by atoms with Gasteiger partial charge in [-0.2, -0.15) is 5.10 Å². The summed E-state index contributed by atoms with van der Waals surface area (Å²) >= 11 is 0. The van der Waals surface area contributed by atoms with Crippen molar-refractivity contribution in [3.8, 4) is 0 Å². The third kappa shape index (κ3) is 3.71. The van der Waals surface area contributed by atoms with Crippen LogP contribution in [0.5, 0.6) is 0 Å². The number of hydrogen-bond donors (Lipinski definition) is 0. The number of rotatable bonds is 5. The van der Waals surface area contributed by atoms with Gasteiger partial charge in [-0.05, 0) is 33.8 Å².